The Labute approximate surface area is 190 Å². The Balaban J connectivity index is 1.59. The fourth-order valence-electron chi connectivity index (χ4n) is 4.34. The molecule has 1 aliphatic carbocycles. The molecule has 4 heterocycles. The number of rotatable bonds is 8. The molecule has 1 unspecified atom stereocenters. The number of pyridine rings is 1. The number of amides is 1. The molecule has 0 aliphatic heterocycles. The topological polar surface area (TPSA) is 119 Å². The summed E-state index contributed by atoms with van der Waals surface area (Å²) in [5.74, 6) is 0.503. The molecule has 10 heteroatoms. The number of nitrogens with one attached hydrogen (secondary N) is 2. The number of carbonyl (C=O) groups is 1. The number of aliphatic hydroxyl groups excluding tert-OH is 1. The average molecular weight is 450 g/mol. The molecule has 33 heavy (non-hydrogen) atoms. The lowest BCUT2D eigenvalue weighted by molar-refractivity contribution is 0.00732. The first kappa shape index (κ1) is 21.4. The second-order valence-electron chi connectivity index (χ2n) is 8.19. The van der Waals surface area contributed by atoms with Crippen LogP contribution in [0.1, 0.15) is 29.6 Å². The van der Waals surface area contributed by atoms with Gasteiger partial charge in [0.1, 0.15) is 17.0 Å². The minimum atomic E-state index is -0.213. The standard InChI is InChI=1S/C23H27N7O3/c1-24-20-11-18(16-13-29(9-4-10-31)21-14(16)5-3-8-25-21)27-22-15(12-26-30(20)22)23(32)28-17-6-7-19(17)33-2/h3,5,8,11-13,17,19,24,31H,4,6-7,9-10H2,1-2H3,(H,28,32)/t17?,19-/m1/s1. The largest absolute Gasteiger partial charge is 0.396 e. The van der Waals surface area contributed by atoms with Crippen LogP contribution in [0.15, 0.2) is 36.8 Å². The van der Waals surface area contributed by atoms with Crippen LogP contribution in [0.5, 0.6) is 0 Å². The third kappa shape index (κ3) is 3.70. The normalized spacial score (nSPS) is 17.9. The van der Waals surface area contributed by atoms with E-state index in [0.29, 0.717) is 35.7 Å². The molecule has 2 atom stereocenters. The quantitative estimate of drug-likeness (QED) is 0.377. The Morgan fingerprint density at radius 2 is 2.21 bits per heavy atom. The molecule has 172 valence electrons. The summed E-state index contributed by atoms with van der Waals surface area (Å²) in [6, 6.07) is 5.80. The number of fused-ring (bicyclic) bond motifs is 2. The Morgan fingerprint density at radius 1 is 1.33 bits per heavy atom. The van der Waals surface area contributed by atoms with E-state index >= 15 is 0 Å². The van der Waals surface area contributed by atoms with E-state index in [1.54, 1.807) is 24.0 Å². The van der Waals surface area contributed by atoms with E-state index in [1.165, 1.54) is 0 Å². The van der Waals surface area contributed by atoms with Crippen molar-refractivity contribution in [2.75, 3.05) is 26.1 Å². The molecule has 0 bridgehead atoms. The highest BCUT2D eigenvalue weighted by Crippen LogP contribution is 2.31. The zero-order chi connectivity index (χ0) is 22.9. The van der Waals surface area contributed by atoms with Crippen molar-refractivity contribution in [3.05, 3.63) is 42.4 Å². The first-order valence-corrected chi connectivity index (χ1v) is 11.1. The maximum atomic E-state index is 13.0. The zero-order valence-corrected chi connectivity index (χ0v) is 18.7. The number of anilines is 1. The number of aromatic nitrogens is 5. The molecule has 0 aromatic carbocycles. The van der Waals surface area contributed by atoms with Crippen molar-refractivity contribution in [1.29, 1.82) is 0 Å². The van der Waals surface area contributed by atoms with Gasteiger partial charge in [0.15, 0.2) is 5.65 Å². The van der Waals surface area contributed by atoms with E-state index in [4.69, 9.17) is 9.72 Å². The highest BCUT2D eigenvalue weighted by molar-refractivity contribution is 6.01. The third-order valence-electron chi connectivity index (χ3n) is 6.27. The predicted octanol–water partition coefficient (Wildman–Crippen LogP) is 2.08. The average Bonchev–Trinajstić information content (AvgIpc) is 3.42. The Kier molecular flexibility index (Phi) is 5.69. The molecule has 0 radical (unpaired) electrons. The van der Waals surface area contributed by atoms with Crippen LogP contribution in [0.2, 0.25) is 0 Å². The van der Waals surface area contributed by atoms with Gasteiger partial charge in [-0.15, -0.1) is 0 Å². The van der Waals surface area contributed by atoms with Gasteiger partial charge in [0.25, 0.3) is 5.91 Å². The summed E-state index contributed by atoms with van der Waals surface area (Å²) in [4.78, 5) is 22.4. The summed E-state index contributed by atoms with van der Waals surface area (Å²) in [6.07, 6.45) is 7.81. The van der Waals surface area contributed by atoms with Crippen molar-refractivity contribution in [1.82, 2.24) is 29.5 Å². The van der Waals surface area contributed by atoms with Crippen LogP contribution in [-0.2, 0) is 11.3 Å². The lowest BCUT2D eigenvalue weighted by Crippen LogP contribution is -2.51. The van der Waals surface area contributed by atoms with Crippen LogP contribution in [0.4, 0.5) is 5.82 Å². The van der Waals surface area contributed by atoms with E-state index in [-0.39, 0.29) is 24.7 Å². The number of ether oxygens (including phenoxy) is 1. The molecule has 10 nitrogen and oxygen atoms in total. The molecule has 1 fully saturated rings. The Bertz CT molecular complexity index is 1310. The smallest absolute Gasteiger partial charge is 0.257 e. The number of aliphatic hydroxyl groups is 1. The first-order valence-electron chi connectivity index (χ1n) is 11.1. The predicted molar refractivity (Wildman–Crippen MR) is 124 cm³/mol. The summed E-state index contributed by atoms with van der Waals surface area (Å²) in [5, 5.41) is 20.8. The fourth-order valence-corrected chi connectivity index (χ4v) is 4.34. The van der Waals surface area contributed by atoms with E-state index < -0.39 is 0 Å². The molecule has 0 saturated heterocycles. The molecular weight excluding hydrogens is 422 g/mol. The van der Waals surface area contributed by atoms with Crippen LogP contribution >= 0.6 is 0 Å². The highest BCUT2D eigenvalue weighted by atomic mass is 16.5. The van der Waals surface area contributed by atoms with Crippen LogP contribution in [0.25, 0.3) is 27.9 Å². The Hall–Kier alpha value is -3.50. The molecule has 1 aliphatic rings. The van der Waals surface area contributed by atoms with Crippen molar-refractivity contribution >= 4 is 28.4 Å². The number of aryl methyl sites for hydroxylation is 1. The number of hydrogen-bond donors (Lipinski definition) is 3. The monoisotopic (exact) mass is 449 g/mol. The number of methoxy groups -OCH3 is 1. The molecule has 1 amide bonds. The summed E-state index contributed by atoms with van der Waals surface area (Å²) >= 11 is 0. The SMILES string of the molecule is CNc1cc(-c2cn(CCCO)c3ncccc23)nc2c(C(=O)NC3CC[C@H]3OC)cnn12. The van der Waals surface area contributed by atoms with Gasteiger partial charge in [0.05, 0.1) is 24.0 Å². The van der Waals surface area contributed by atoms with Crippen molar-refractivity contribution in [2.24, 2.45) is 0 Å². The molecule has 1 saturated carbocycles. The maximum Gasteiger partial charge on any atom is 0.257 e. The summed E-state index contributed by atoms with van der Waals surface area (Å²) in [6.45, 7) is 0.753. The zero-order valence-electron chi connectivity index (χ0n) is 18.7. The van der Waals surface area contributed by atoms with Gasteiger partial charge < -0.3 is 25.0 Å². The van der Waals surface area contributed by atoms with Gasteiger partial charge in [0.2, 0.25) is 0 Å². The third-order valence-corrected chi connectivity index (χ3v) is 6.27. The van der Waals surface area contributed by atoms with Gasteiger partial charge in [-0.05, 0) is 31.4 Å². The van der Waals surface area contributed by atoms with E-state index in [1.807, 2.05) is 36.0 Å². The number of hydrogen-bond acceptors (Lipinski definition) is 7. The molecule has 4 aromatic heterocycles. The first-order chi connectivity index (χ1) is 16.1. The van der Waals surface area contributed by atoms with Crippen LogP contribution in [-0.4, -0.2) is 68.1 Å². The second kappa shape index (κ2) is 8.80. The minimum absolute atomic E-state index is 0.0000204. The van der Waals surface area contributed by atoms with Gasteiger partial charge in [0, 0.05) is 56.7 Å². The lowest BCUT2D eigenvalue weighted by atomic mass is 9.89. The number of nitrogens with zero attached hydrogens (tertiary/aromatic N) is 5. The van der Waals surface area contributed by atoms with E-state index in [0.717, 1.165) is 29.4 Å². The van der Waals surface area contributed by atoms with Gasteiger partial charge in [-0.25, -0.2) is 9.97 Å². The van der Waals surface area contributed by atoms with Crippen LogP contribution in [0, 0.1) is 0 Å². The lowest BCUT2D eigenvalue weighted by Gasteiger charge is -2.35. The van der Waals surface area contributed by atoms with Crippen LogP contribution in [0.3, 0.4) is 0 Å². The Morgan fingerprint density at radius 3 is 2.94 bits per heavy atom. The number of carbonyl (C=O) groups excluding carboxylic acids is 1. The van der Waals surface area contributed by atoms with E-state index in [2.05, 4.69) is 20.7 Å². The molecule has 0 spiro atoms. The van der Waals surface area contributed by atoms with Gasteiger partial charge >= 0.3 is 0 Å². The van der Waals surface area contributed by atoms with Gasteiger partial charge in [-0.2, -0.15) is 9.61 Å². The van der Waals surface area contributed by atoms with Crippen molar-refractivity contribution < 1.29 is 14.6 Å². The fraction of sp³-hybridized carbons (Fsp3) is 0.391. The highest BCUT2D eigenvalue weighted by Gasteiger charge is 2.33. The molecular formula is C23H27N7O3. The second-order valence-corrected chi connectivity index (χ2v) is 8.19. The summed E-state index contributed by atoms with van der Waals surface area (Å²) in [5.41, 5.74) is 3.33. The van der Waals surface area contributed by atoms with Crippen molar-refractivity contribution in [3.8, 4) is 11.3 Å². The van der Waals surface area contributed by atoms with Crippen molar-refractivity contribution in [3.63, 3.8) is 0 Å². The van der Waals surface area contributed by atoms with Crippen LogP contribution < -0.4 is 10.6 Å². The molecule has 3 N–H and O–H groups in total. The summed E-state index contributed by atoms with van der Waals surface area (Å²) in [7, 11) is 3.47. The molecule has 5 rings (SSSR count). The van der Waals surface area contributed by atoms with E-state index in [9.17, 15) is 9.90 Å². The minimum Gasteiger partial charge on any atom is -0.396 e. The summed E-state index contributed by atoms with van der Waals surface area (Å²) < 4.78 is 9.06. The van der Waals surface area contributed by atoms with Gasteiger partial charge in [-0.1, -0.05) is 0 Å². The maximum absolute atomic E-state index is 13.0. The van der Waals surface area contributed by atoms with Gasteiger partial charge in [-0.3, -0.25) is 4.79 Å². The van der Waals surface area contributed by atoms with Crippen molar-refractivity contribution in [2.45, 2.75) is 38.0 Å². The molecule has 4 aromatic rings.